The number of likely N-dealkylation sites (tertiary alicyclic amines) is 1. The number of carbonyl (C=O) groups excluding carboxylic acids is 2. The van der Waals surface area contributed by atoms with Crippen LogP contribution in [0.4, 0.5) is 0 Å². The lowest BCUT2D eigenvalue weighted by Crippen LogP contribution is -2.52. The molecule has 6 nitrogen and oxygen atoms in total. The van der Waals surface area contributed by atoms with Crippen molar-refractivity contribution in [3.8, 4) is 0 Å². The van der Waals surface area contributed by atoms with Crippen molar-refractivity contribution in [3.63, 3.8) is 0 Å². The number of amides is 2. The Hall–Kier alpha value is -1.44. The Kier molecular flexibility index (Phi) is 5.72. The van der Waals surface area contributed by atoms with E-state index in [1.165, 1.54) is 18.4 Å². The lowest BCUT2D eigenvalue weighted by atomic mass is 10.0. The molecule has 0 bridgehead atoms. The van der Waals surface area contributed by atoms with Crippen LogP contribution in [-0.2, 0) is 9.53 Å². The van der Waals surface area contributed by atoms with Crippen molar-refractivity contribution in [2.24, 2.45) is 5.73 Å². The molecule has 3 N–H and O–H groups in total. The van der Waals surface area contributed by atoms with Crippen LogP contribution in [0.5, 0.6) is 0 Å². The molecule has 2 rings (SSSR count). The highest BCUT2D eigenvalue weighted by molar-refractivity contribution is 7.08. The van der Waals surface area contributed by atoms with E-state index in [1.807, 2.05) is 16.8 Å². The lowest BCUT2D eigenvalue weighted by Gasteiger charge is -2.33. The van der Waals surface area contributed by atoms with Crippen LogP contribution in [0.1, 0.15) is 23.2 Å². The number of hydrogen-bond acceptors (Lipinski definition) is 5. The fraction of sp³-hybridized carbons (Fsp3) is 0.571. The number of carbonyl (C=O) groups is 2. The molecule has 2 amide bonds. The lowest BCUT2D eigenvalue weighted by molar-refractivity contribution is -0.134. The average molecular weight is 311 g/mol. The molecule has 1 aliphatic rings. The van der Waals surface area contributed by atoms with Gasteiger partial charge in [-0.15, -0.1) is 0 Å². The molecule has 7 heteroatoms. The van der Waals surface area contributed by atoms with E-state index in [4.69, 9.17) is 10.5 Å². The minimum Gasteiger partial charge on any atom is -0.383 e. The number of hydrogen-bond donors (Lipinski definition) is 2. The van der Waals surface area contributed by atoms with Gasteiger partial charge in [-0.05, 0) is 24.3 Å². The molecule has 2 heterocycles. The van der Waals surface area contributed by atoms with Crippen LogP contribution >= 0.6 is 11.3 Å². The van der Waals surface area contributed by atoms with Crippen LogP contribution in [0, 0.1) is 0 Å². The van der Waals surface area contributed by atoms with Crippen LogP contribution in [-0.4, -0.2) is 55.6 Å². The molecule has 1 aromatic heterocycles. The minimum atomic E-state index is -0.605. The minimum absolute atomic E-state index is 0.0443. The van der Waals surface area contributed by atoms with Gasteiger partial charge < -0.3 is 20.7 Å². The van der Waals surface area contributed by atoms with E-state index in [9.17, 15) is 9.59 Å². The normalized spacial score (nSPS) is 17.5. The molecule has 1 aromatic rings. The Morgan fingerprint density at radius 3 is 2.81 bits per heavy atom. The summed E-state index contributed by atoms with van der Waals surface area (Å²) in [6.45, 7) is 1.46. The fourth-order valence-corrected chi connectivity index (χ4v) is 3.03. The second-order valence-electron chi connectivity index (χ2n) is 5.15. The molecule has 1 saturated heterocycles. The fourth-order valence-electron chi connectivity index (χ4n) is 2.39. The molecule has 21 heavy (non-hydrogen) atoms. The summed E-state index contributed by atoms with van der Waals surface area (Å²) in [5, 5.41) is 6.72. The van der Waals surface area contributed by atoms with Crippen LogP contribution in [0.25, 0.3) is 0 Å². The zero-order valence-corrected chi connectivity index (χ0v) is 12.9. The summed E-state index contributed by atoms with van der Waals surface area (Å²) >= 11 is 1.50. The van der Waals surface area contributed by atoms with E-state index in [0.29, 0.717) is 18.7 Å². The van der Waals surface area contributed by atoms with Gasteiger partial charge in [-0.25, -0.2) is 0 Å². The average Bonchev–Trinajstić information content (AvgIpc) is 3.02. The molecular weight excluding hydrogens is 290 g/mol. The summed E-state index contributed by atoms with van der Waals surface area (Å²) in [6.07, 6.45) is 1.50. The summed E-state index contributed by atoms with van der Waals surface area (Å²) in [5.74, 6) is -0.128. The number of methoxy groups -OCH3 is 1. The predicted molar refractivity (Wildman–Crippen MR) is 81.2 cm³/mol. The van der Waals surface area contributed by atoms with Crippen molar-refractivity contribution < 1.29 is 14.3 Å². The van der Waals surface area contributed by atoms with Crippen molar-refractivity contribution in [1.29, 1.82) is 0 Å². The molecule has 0 spiro atoms. The van der Waals surface area contributed by atoms with Crippen LogP contribution in [0.2, 0.25) is 0 Å². The molecule has 1 aliphatic heterocycles. The Morgan fingerprint density at radius 1 is 1.52 bits per heavy atom. The van der Waals surface area contributed by atoms with Gasteiger partial charge in [0.2, 0.25) is 5.91 Å². The van der Waals surface area contributed by atoms with Gasteiger partial charge in [-0.2, -0.15) is 11.3 Å². The molecule has 116 valence electrons. The third kappa shape index (κ3) is 4.26. The van der Waals surface area contributed by atoms with Crippen molar-refractivity contribution in [3.05, 3.63) is 22.4 Å². The zero-order valence-electron chi connectivity index (χ0n) is 12.1. The van der Waals surface area contributed by atoms with Crippen molar-refractivity contribution >= 4 is 23.2 Å². The summed E-state index contributed by atoms with van der Waals surface area (Å²) in [5.41, 5.74) is 6.45. The van der Waals surface area contributed by atoms with E-state index in [0.717, 1.165) is 12.8 Å². The topological polar surface area (TPSA) is 84.7 Å². The molecule has 1 atom stereocenters. The number of nitrogens with zero attached hydrogens (tertiary/aromatic N) is 1. The van der Waals surface area contributed by atoms with Gasteiger partial charge >= 0.3 is 0 Å². The Morgan fingerprint density at radius 2 is 2.24 bits per heavy atom. The van der Waals surface area contributed by atoms with E-state index >= 15 is 0 Å². The van der Waals surface area contributed by atoms with Crippen LogP contribution in [0.3, 0.4) is 0 Å². The molecule has 0 radical (unpaired) electrons. The SMILES string of the molecule is COCC(N)C(=O)N1CCC(NC(=O)c2ccsc2)CC1. The van der Waals surface area contributed by atoms with Gasteiger partial charge in [0.1, 0.15) is 6.04 Å². The highest BCUT2D eigenvalue weighted by Crippen LogP contribution is 2.13. The third-order valence-electron chi connectivity index (χ3n) is 3.59. The van der Waals surface area contributed by atoms with Crippen LogP contribution < -0.4 is 11.1 Å². The molecular formula is C14H21N3O3S. The second kappa shape index (κ2) is 7.53. The van der Waals surface area contributed by atoms with Gasteiger partial charge in [0.15, 0.2) is 0 Å². The van der Waals surface area contributed by atoms with Crippen molar-refractivity contribution in [1.82, 2.24) is 10.2 Å². The highest BCUT2D eigenvalue weighted by atomic mass is 32.1. The largest absolute Gasteiger partial charge is 0.383 e. The Balaban J connectivity index is 1.78. The molecule has 0 aliphatic carbocycles. The van der Waals surface area contributed by atoms with E-state index < -0.39 is 6.04 Å². The number of nitrogens with two attached hydrogens (primary N) is 1. The Bertz CT molecular complexity index is 470. The summed E-state index contributed by atoms with van der Waals surface area (Å²) < 4.78 is 4.90. The predicted octanol–water partition coefficient (Wildman–Crippen LogP) is 0.443. The van der Waals surface area contributed by atoms with Gasteiger partial charge in [0.05, 0.1) is 6.61 Å². The first-order valence-corrected chi connectivity index (χ1v) is 7.92. The molecule has 1 unspecified atom stereocenters. The maximum atomic E-state index is 12.0. The summed E-state index contributed by atoms with van der Waals surface area (Å²) in [6, 6.07) is 1.31. The number of nitrogens with one attached hydrogen (secondary N) is 1. The van der Waals surface area contributed by atoms with Crippen LogP contribution in [0.15, 0.2) is 16.8 Å². The third-order valence-corrected chi connectivity index (χ3v) is 4.27. The van der Waals surface area contributed by atoms with Gasteiger partial charge in [0, 0.05) is 37.2 Å². The number of piperidine rings is 1. The Labute approximate surface area is 128 Å². The number of rotatable bonds is 5. The van der Waals surface area contributed by atoms with E-state index in [-0.39, 0.29) is 24.5 Å². The smallest absolute Gasteiger partial charge is 0.252 e. The quantitative estimate of drug-likeness (QED) is 0.826. The molecule has 1 fully saturated rings. The van der Waals surface area contributed by atoms with E-state index in [2.05, 4.69) is 5.32 Å². The second-order valence-corrected chi connectivity index (χ2v) is 5.93. The molecule has 0 saturated carbocycles. The molecule has 0 aromatic carbocycles. The number of thiophene rings is 1. The van der Waals surface area contributed by atoms with Crippen molar-refractivity contribution in [2.75, 3.05) is 26.8 Å². The highest BCUT2D eigenvalue weighted by Gasteiger charge is 2.27. The van der Waals surface area contributed by atoms with E-state index in [1.54, 1.807) is 4.90 Å². The first-order chi connectivity index (χ1) is 10.1. The van der Waals surface area contributed by atoms with Gasteiger partial charge in [-0.1, -0.05) is 0 Å². The monoisotopic (exact) mass is 311 g/mol. The van der Waals surface area contributed by atoms with Gasteiger partial charge in [0.25, 0.3) is 5.91 Å². The maximum Gasteiger partial charge on any atom is 0.252 e. The summed E-state index contributed by atoms with van der Waals surface area (Å²) in [7, 11) is 1.53. The number of ether oxygens (including phenoxy) is 1. The first-order valence-electron chi connectivity index (χ1n) is 6.98. The first kappa shape index (κ1) is 15.9. The zero-order chi connectivity index (χ0) is 15.2. The standard InChI is InChI=1S/C14H21N3O3S/c1-20-8-12(15)14(19)17-5-2-11(3-6-17)16-13(18)10-4-7-21-9-10/h4,7,9,11-12H,2-3,5-6,8,15H2,1H3,(H,16,18). The maximum absolute atomic E-state index is 12.0. The summed E-state index contributed by atoms with van der Waals surface area (Å²) in [4.78, 5) is 25.7. The van der Waals surface area contributed by atoms with Gasteiger partial charge in [-0.3, -0.25) is 9.59 Å². The van der Waals surface area contributed by atoms with Crippen molar-refractivity contribution in [2.45, 2.75) is 24.9 Å².